The number of carbonyl (C=O) groups is 4. The minimum Gasteiger partial charge on any atom is -0.444 e. The number of hydrogen-bond acceptors (Lipinski definition) is 6. The summed E-state index contributed by atoms with van der Waals surface area (Å²) in [5, 5.41) is 8.53. The highest BCUT2D eigenvalue weighted by atomic mass is 16.6. The Balaban J connectivity index is 0. The molecule has 0 aromatic rings. The molecule has 1 saturated carbocycles. The highest BCUT2D eigenvalue weighted by Gasteiger charge is 2.40. The van der Waals surface area contributed by atoms with Crippen molar-refractivity contribution in [1.29, 1.82) is 0 Å². The largest absolute Gasteiger partial charge is 0.444 e. The van der Waals surface area contributed by atoms with Gasteiger partial charge in [0.2, 0.25) is 17.7 Å². The molecule has 230 valence electrons. The lowest BCUT2D eigenvalue weighted by atomic mass is 9.99. The van der Waals surface area contributed by atoms with Crippen molar-refractivity contribution in [1.82, 2.24) is 20.9 Å². The molecule has 0 radical (unpaired) electrons. The lowest BCUT2D eigenvalue weighted by Gasteiger charge is -2.25. The molecule has 2 fully saturated rings. The van der Waals surface area contributed by atoms with E-state index in [1.54, 1.807) is 32.7 Å². The van der Waals surface area contributed by atoms with Gasteiger partial charge in [0.25, 0.3) is 0 Å². The highest BCUT2D eigenvalue weighted by Crippen LogP contribution is 2.51. The molecule has 1 aliphatic heterocycles. The molecule has 1 saturated heterocycles. The Hall–Kier alpha value is -2.36. The second-order valence-electron chi connectivity index (χ2n) is 10.9. The predicted octanol–water partition coefficient (Wildman–Crippen LogP) is 4.46. The number of hydrogen-bond donors (Lipinski definition) is 4. The first-order chi connectivity index (χ1) is 18.3. The van der Waals surface area contributed by atoms with Crippen LogP contribution in [0, 0.1) is 5.41 Å². The number of unbranched alkanes of at least 4 members (excludes halogenated alkanes) is 2. The molecule has 0 aromatic heterocycles. The summed E-state index contributed by atoms with van der Waals surface area (Å²) < 4.78 is 4.58. The van der Waals surface area contributed by atoms with Crippen LogP contribution in [0.3, 0.4) is 0 Å². The molecule has 1 heterocycles. The Morgan fingerprint density at radius 1 is 1.15 bits per heavy atom. The molecule has 2 aliphatic rings. The van der Waals surface area contributed by atoms with Crippen molar-refractivity contribution >= 4 is 23.8 Å². The molecule has 1 atom stereocenters. The van der Waals surface area contributed by atoms with Crippen LogP contribution in [0.1, 0.15) is 120 Å². The van der Waals surface area contributed by atoms with Gasteiger partial charge >= 0.3 is 6.09 Å². The summed E-state index contributed by atoms with van der Waals surface area (Å²) in [6, 6.07) is 0. The zero-order chi connectivity index (χ0) is 30.5. The zero-order valence-electron chi connectivity index (χ0n) is 26.3. The van der Waals surface area contributed by atoms with E-state index in [4.69, 9.17) is 5.73 Å². The van der Waals surface area contributed by atoms with Gasteiger partial charge in [-0.05, 0) is 72.3 Å². The second-order valence-corrected chi connectivity index (χ2v) is 10.9. The Morgan fingerprint density at radius 3 is 2.10 bits per heavy atom. The molecule has 0 spiro atoms. The normalized spacial score (nSPS) is 15.5. The minimum atomic E-state index is -0.725. The standard InChI is InChI=1S/C18H35N3O2.C5H11NO2.C4H7NO.C2H6/c1-5-7-8-9-17(23)21(13-12-18(6-2)10-11-18)14-16(22)20-15(3)19-4;1-5(2,3)8-4(6)7;6-4-2-1-3-5-4;1-2/h15,19H,5-14H2,1-4H3,(H,20,22);1-3H3,(H2,6,7);1-3H2,(H,5,6);1-2H3/t15-;;;/m0.../s1. The fourth-order valence-corrected chi connectivity index (χ4v) is 3.71. The van der Waals surface area contributed by atoms with E-state index in [-0.39, 0.29) is 30.4 Å². The molecule has 5 N–H and O–H groups in total. The lowest BCUT2D eigenvalue weighted by Crippen LogP contribution is -2.47. The van der Waals surface area contributed by atoms with Crippen molar-refractivity contribution in [2.45, 2.75) is 131 Å². The van der Waals surface area contributed by atoms with Crippen LogP contribution in [-0.4, -0.2) is 67.2 Å². The van der Waals surface area contributed by atoms with Crippen molar-refractivity contribution in [3.05, 3.63) is 0 Å². The third-order valence-corrected chi connectivity index (χ3v) is 6.42. The molecule has 10 nitrogen and oxygen atoms in total. The molecule has 0 unspecified atom stereocenters. The van der Waals surface area contributed by atoms with E-state index in [0.717, 1.165) is 45.1 Å². The summed E-state index contributed by atoms with van der Waals surface area (Å²) in [6.07, 6.45) is 9.34. The van der Waals surface area contributed by atoms with Crippen LogP contribution in [0.25, 0.3) is 0 Å². The van der Waals surface area contributed by atoms with Gasteiger partial charge in [-0.2, -0.15) is 0 Å². The van der Waals surface area contributed by atoms with E-state index in [9.17, 15) is 19.2 Å². The zero-order valence-corrected chi connectivity index (χ0v) is 26.3. The van der Waals surface area contributed by atoms with Crippen LogP contribution in [0.2, 0.25) is 0 Å². The number of ether oxygens (including phenoxy) is 1. The van der Waals surface area contributed by atoms with Gasteiger partial charge in [0, 0.05) is 25.9 Å². The van der Waals surface area contributed by atoms with E-state index in [1.807, 2.05) is 20.8 Å². The number of carbonyl (C=O) groups excluding carboxylic acids is 4. The number of nitrogens with two attached hydrogens (primary N) is 1. The highest BCUT2D eigenvalue weighted by molar-refractivity contribution is 5.84. The summed E-state index contributed by atoms with van der Waals surface area (Å²) in [5.41, 5.74) is 4.71. The fraction of sp³-hybridized carbons (Fsp3) is 0.862. The number of primary amides is 1. The molecular formula is C29H59N5O5. The second kappa shape index (κ2) is 21.5. The summed E-state index contributed by atoms with van der Waals surface area (Å²) in [5.74, 6) is 0.240. The van der Waals surface area contributed by atoms with Crippen molar-refractivity contribution in [3.8, 4) is 0 Å². The summed E-state index contributed by atoms with van der Waals surface area (Å²) in [7, 11) is 1.80. The third-order valence-electron chi connectivity index (χ3n) is 6.42. The van der Waals surface area contributed by atoms with Gasteiger partial charge in [0.05, 0.1) is 12.7 Å². The molecule has 39 heavy (non-hydrogen) atoms. The van der Waals surface area contributed by atoms with E-state index in [2.05, 4.69) is 34.5 Å². The van der Waals surface area contributed by atoms with Gasteiger partial charge in [-0.15, -0.1) is 0 Å². The van der Waals surface area contributed by atoms with Gasteiger partial charge in [0.15, 0.2) is 0 Å². The Morgan fingerprint density at radius 2 is 1.77 bits per heavy atom. The molecular weight excluding hydrogens is 498 g/mol. The molecule has 1 aliphatic carbocycles. The first kappa shape index (κ1) is 38.8. The number of nitrogens with zero attached hydrogens (tertiary/aromatic N) is 1. The molecule has 4 amide bonds. The van der Waals surface area contributed by atoms with Crippen LogP contribution < -0.4 is 21.7 Å². The van der Waals surface area contributed by atoms with Crippen LogP contribution >= 0.6 is 0 Å². The van der Waals surface area contributed by atoms with E-state index >= 15 is 0 Å². The van der Waals surface area contributed by atoms with Crippen LogP contribution in [0.15, 0.2) is 0 Å². The first-order valence-corrected chi connectivity index (χ1v) is 14.8. The van der Waals surface area contributed by atoms with Gasteiger partial charge in [-0.25, -0.2) is 4.79 Å². The van der Waals surface area contributed by atoms with Crippen molar-refractivity contribution < 1.29 is 23.9 Å². The van der Waals surface area contributed by atoms with E-state index in [0.29, 0.717) is 18.4 Å². The summed E-state index contributed by atoms with van der Waals surface area (Å²) in [6.45, 7) is 17.3. The molecule has 2 rings (SSSR count). The summed E-state index contributed by atoms with van der Waals surface area (Å²) >= 11 is 0. The quantitative estimate of drug-likeness (QED) is 0.206. The number of amides is 4. The van der Waals surface area contributed by atoms with E-state index < -0.39 is 11.7 Å². The number of rotatable bonds is 12. The maximum Gasteiger partial charge on any atom is 0.405 e. The monoisotopic (exact) mass is 557 g/mol. The van der Waals surface area contributed by atoms with Crippen molar-refractivity contribution in [2.24, 2.45) is 11.1 Å². The Bertz CT molecular complexity index is 697. The Kier molecular flexibility index (Phi) is 21.3. The van der Waals surface area contributed by atoms with E-state index in [1.165, 1.54) is 19.3 Å². The van der Waals surface area contributed by atoms with Crippen LogP contribution in [0.5, 0.6) is 0 Å². The smallest absolute Gasteiger partial charge is 0.405 e. The van der Waals surface area contributed by atoms with Gasteiger partial charge in [0.1, 0.15) is 5.60 Å². The lowest BCUT2D eigenvalue weighted by molar-refractivity contribution is -0.136. The molecule has 10 heteroatoms. The minimum absolute atomic E-state index is 0.0787. The van der Waals surface area contributed by atoms with Crippen molar-refractivity contribution in [3.63, 3.8) is 0 Å². The predicted molar refractivity (Wildman–Crippen MR) is 158 cm³/mol. The van der Waals surface area contributed by atoms with Gasteiger partial charge in [-0.3, -0.25) is 14.4 Å². The maximum atomic E-state index is 12.5. The average Bonchev–Trinajstić information content (AvgIpc) is 3.50. The van der Waals surface area contributed by atoms with Gasteiger partial charge < -0.3 is 31.3 Å². The summed E-state index contributed by atoms with van der Waals surface area (Å²) in [4.78, 5) is 46.5. The topological polar surface area (TPSA) is 143 Å². The SMILES string of the molecule is CC.CC(C)(C)OC(N)=O.CCCCCC(=O)N(CCC1(CC)CC1)CC(=O)N[C@@H](C)NC.O=C1CCCN1. The van der Waals surface area contributed by atoms with Crippen LogP contribution in [-0.2, 0) is 19.1 Å². The Labute approximate surface area is 237 Å². The molecule has 0 aromatic carbocycles. The fourth-order valence-electron chi connectivity index (χ4n) is 3.71. The van der Waals surface area contributed by atoms with Gasteiger partial charge in [-0.1, -0.05) is 47.0 Å². The number of nitrogens with one attached hydrogen (secondary N) is 3. The first-order valence-electron chi connectivity index (χ1n) is 14.8. The average molecular weight is 558 g/mol. The third kappa shape index (κ3) is 22.2. The van der Waals surface area contributed by atoms with Crippen molar-refractivity contribution in [2.75, 3.05) is 26.7 Å². The maximum absolute atomic E-state index is 12.5. The molecule has 0 bridgehead atoms. The van der Waals surface area contributed by atoms with Crippen LogP contribution in [0.4, 0.5) is 4.79 Å².